The van der Waals surface area contributed by atoms with Crippen LogP contribution in [0.1, 0.15) is 23.2 Å². The molecule has 0 radical (unpaired) electrons. The van der Waals surface area contributed by atoms with Gasteiger partial charge in [0, 0.05) is 6.42 Å². The van der Waals surface area contributed by atoms with Crippen molar-refractivity contribution in [3.8, 4) is 5.75 Å². The molecule has 108 valence electrons. The van der Waals surface area contributed by atoms with Crippen molar-refractivity contribution in [1.82, 2.24) is 5.32 Å². The average molecular weight is 284 g/mol. The number of primary amides is 1. The molecule has 0 unspecified atom stereocenters. The predicted molar refractivity (Wildman–Crippen MR) is 65.4 cm³/mol. The van der Waals surface area contributed by atoms with Crippen LogP contribution < -0.4 is 11.1 Å². The molecule has 1 rings (SSSR count). The Bertz CT molecular complexity index is 547. The summed E-state index contributed by atoms with van der Waals surface area (Å²) in [5.41, 5.74) is 4.50. The van der Waals surface area contributed by atoms with E-state index in [1.54, 1.807) is 0 Å². The maximum absolute atomic E-state index is 13.0. The molecule has 0 fully saturated rings. The van der Waals surface area contributed by atoms with Gasteiger partial charge in [-0.15, -0.1) is 0 Å². The lowest BCUT2D eigenvalue weighted by atomic mass is 10.1. The minimum Gasteiger partial charge on any atom is -0.507 e. The van der Waals surface area contributed by atoms with Crippen LogP contribution in [0.4, 0.5) is 4.39 Å². The normalized spacial score (nSPS) is 11.7. The predicted octanol–water partition coefficient (Wildman–Crippen LogP) is -0.0202. The Labute approximate surface area is 113 Å². The quantitative estimate of drug-likeness (QED) is 0.583. The van der Waals surface area contributed by atoms with Gasteiger partial charge in [-0.2, -0.15) is 0 Å². The van der Waals surface area contributed by atoms with Crippen LogP contribution in [0, 0.1) is 5.82 Å². The highest BCUT2D eigenvalue weighted by Gasteiger charge is 2.22. The van der Waals surface area contributed by atoms with E-state index in [0.29, 0.717) is 0 Å². The summed E-state index contributed by atoms with van der Waals surface area (Å²) in [6.45, 7) is 0. The molecule has 0 saturated heterocycles. The lowest BCUT2D eigenvalue weighted by Crippen LogP contribution is -2.41. The van der Waals surface area contributed by atoms with Gasteiger partial charge in [0.1, 0.15) is 17.6 Å². The maximum Gasteiger partial charge on any atom is 0.326 e. The Kier molecular flexibility index (Phi) is 5.01. The molecule has 0 spiro atoms. The molecule has 0 saturated carbocycles. The molecule has 20 heavy (non-hydrogen) atoms. The van der Waals surface area contributed by atoms with Gasteiger partial charge in [0.25, 0.3) is 5.91 Å². The first-order chi connectivity index (χ1) is 9.31. The second-order valence-corrected chi connectivity index (χ2v) is 4.03. The van der Waals surface area contributed by atoms with E-state index in [1.165, 1.54) is 0 Å². The molecule has 5 N–H and O–H groups in total. The van der Waals surface area contributed by atoms with Gasteiger partial charge in [-0.25, -0.2) is 9.18 Å². The van der Waals surface area contributed by atoms with Gasteiger partial charge in [0.05, 0.1) is 5.56 Å². The number of aliphatic carboxylic acids is 1. The lowest BCUT2D eigenvalue weighted by molar-refractivity contribution is -0.139. The Morgan fingerprint density at radius 2 is 2.00 bits per heavy atom. The van der Waals surface area contributed by atoms with Gasteiger partial charge in [0.2, 0.25) is 5.91 Å². The van der Waals surface area contributed by atoms with Crippen LogP contribution in [0.3, 0.4) is 0 Å². The number of nitrogens with two attached hydrogens (primary N) is 1. The van der Waals surface area contributed by atoms with Crippen molar-refractivity contribution < 1.29 is 29.0 Å². The van der Waals surface area contributed by atoms with Gasteiger partial charge in [-0.3, -0.25) is 9.59 Å². The van der Waals surface area contributed by atoms with Crippen LogP contribution in [-0.2, 0) is 9.59 Å². The maximum atomic E-state index is 13.0. The van der Waals surface area contributed by atoms with Crippen molar-refractivity contribution in [1.29, 1.82) is 0 Å². The minimum absolute atomic E-state index is 0.202. The summed E-state index contributed by atoms with van der Waals surface area (Å²) < 4.78 is 13.0. The third-order valence-electron chi connectivity index (χ3n) is 2.49. The highest BCUT2D eigenvalue weighted by molar-refractivity contribution is 5.98. The van der Waals surface area contributed by atoms with Crippen LogP contribution in [0.5, 0.6) is 5.75 Å². The van der Waals surface area contributed by atoms with E-state index in [1.807, 2.05) is 0 Å². The van der Waals surface area contributed by atoms with E-state index in [9.17, 15) is 23.9 Å². The van der Waals surface area contributed by atoms with E-state index in [4.69, 9.17) is 10.8 Å². The van der Waals surface area contributed by atoms with Gasteiger partial charge in [-0.05, 0) is 24.6 Å². The number of halogens is 1. The van der Waals surface area contributed by atoms with E-state index in [0.717, 1.165) is 18.2 Å². The van der Waals surface area contributed by atoms with Gasteiger partial charge in [-0.1, -0.05) is 0 Å². The fourth-order valence-corrected chi connectivity index (χ4v) is 1.47. The van der Waals surface area contributed by atoms with Crippen molar-refractivity contribution in [2.75, 3.05) is 0 Å². The zero-order valence-corrected chi connectivity index (χ0v) is 10.3. The number of nitrogens with one attached hydrogen (secondary N) is 1. The smallest absolute Gasteiger partial charge is 0.326 e. The van der Waals surface area contributed by atoms with Crippen molar-refractivity contribution >= 4 is 17.8 Å². The summed E-state index contributed by atoms with van der Waals surface area (Å²) in [5.74, 6) is -4.27. The third kappa shape index (κ3) is 4.23. The number of amides is 2. The summed E-state index contributed by atoms with van der Waals surface area (Å²) in [6, 6.07) is 1.34. The number of aromatic hydroxyl groups is 1. The van der Waals surface area contributed by atoms with Crippen molar-refractivity contribution in [2.45, 2.75) is 18.9 Å². The molecule has 1 aromatic rings. The number of carbonyl (C=O) groups excluding carboxylic acids is 2. The lowest BCUT2D eigenvalue weighted by Gasteiger charge is -2.14. The second-order valence-electron chi connectivity index (χ2n) is 4.03. The van der Waals surface area contributed by atoms with Gasteiger partial charge < -0.3 is 21.3 Å². The Morgan fingerprint density at radius 1 is 1.35 bits per heavy atom. The number of carboxylic acid groups (broad SMARTS) is 1. The first-order valence-corrected chi connectivity index (χ1v) is 5.61. The van der Waals surface area contributed by atoms with Crippen molar-refractivity contribution in [3.05, 3.63) is 29.6 Å². The standard InChI is InChI=1S/C12H13FN2O5/c13-6-1-3-9(16)7(5-6)11(18)15-8(12(19)20)2-4-10(14)17/h1,3,5,8,16H,2,4H2,(H2,14,17)(H,15,18)(H,19,20)/t8-/m0/s1. The molecule has 0 aliphatic heterocycles. The number of phenolic OH excluding ortho intramolecular Hbond substituents is 1. The summed E-state index contributed by atoms with van der Waals surface area (Å²) in [7, 11) is 0. The number of hydrogen-bond acceptors (Lipinski definition) is 4. The highest BCUT2D eigenvalue weighted by Crippen LogP contribution is 2.18. The number of carbonyl (C=O) groups is 3. The SMILES string of the molecule is NC(=O)CC[C@H](NC(=O)c1cc(F)ccc1O)C(=O)O. The number of rotatable bonds is 6. The molecule has 1 aromatic carbocycles. The fraction of sp³-hybridized carbons (Fsp3) is 0.250. The average Bonchev–Trinajstić information content (AvgIpc) is 2.36. The van der Waals surface area contributed by atoms with Crippen LogP contribution in [0.15, 0.2) is 18.2 Å². The van der Waals surface area contributed by atoms with Crippen LogP contribution in [-0.4, -0.2) is 34.0 Å². The Balaban J connectivity index is 2.82. The molecule has 8 heteroatoms. The fourth-order valence-electron chi connectivity index (χ4n) is 1.47. The number of carboxylic acids is 1. The van der Waals surface area contributed by atoms with E-state index < -0.39 is 41.0 Å². The molecule has 0 heterocycles. The van der Waals surface area contributed by atoms with Crippen LogP contribution >= 0.6 is 0 Å². The summed E-state index contributed by atoms with van der Waals surface area (Å²) in [4.78, 5) is 33.3. The topological polar surface area (TPSA) is 130 Å². The summed E-state index contributed by atoms with van der Waals surface area (Å²) >= 11 is 0. The molecule has 1 atom stereocenters. The van der Waals surface area contributed by atoms with Crippen molar-refractivity contribution in [3.63, 3.8) is 0 Å². The first kappa shape index (κ1) is 15.4. The first-order valence-electron chi connectivity index (χ1n) is 5.61. The number of phenols is 1. The Morgan fingerprint density at radius 3 is 2.55 bits per heavy atom. The van der Waals surface area contributed by atoms with Crippen LogP contribution in [0.25, 0.3) is 0 Å². The molecular formula is C12H13FN2O5. The zero-order valence-electron chi connectivity index (χ0n) is 10.3. The largest absolute Gasteiger partial charge is 0.507 e. The monoisotopic (exact) mass is 284 g/mol. The van der Waals surface area contributed by atoms with E-state index in [2.05, 4.69) is 5.32 Å². The summed E-state index contributed by atoms with van der Waals surface area (Å²) in [5, 5.41) is 20.4. The number of benzene rings is 1. The third-order valence-corrected chi connectivity index (χ3v) is 2.49. The molecule has 0 bridgehead atoms. The minimum atomic E-state index is -1.37. The summed E-state index contributed by atoms with van der Waals surface area (Å²) in [6.07, 6.45) is -0.432. The molecule has 2 amide bonds. The second kappa shape index (κ2) is 6.50. The van der Waals surface area contributed by atoms with E-state index in [-0.39, 0.29) is 12.8 Å². The zero-order chi connectivity index (χ0) is 15.3. The molecule has 0 aliphatic rings. The molecule has 0 aromatic heterocycles. The highest BCUT2D eigenvalue weighted by atomic mass is 19.1. The van der Waals surface area contributed by atoms with E-state index >= 15 is 0 Å². The van der Waals surface area contributed by atoms with Crippen molar-refractivity contribution in [2.24, 2.45) is 5.73 Å². The number of hydrogen-bond donors (Lipinski definition) is 4. The molecular weight excluding hydrogens is 271 g/mol. The molecule has 7 nitrogen and oxygen atoms in total. The Hall–Kier alpha value is -2.64. The van der Waals surface area contributed by atoms with Gasteiger partial charge in [0.15, 0.2) is 0 Å². The van der Waals surface area contributed by atoms with Crippen LogP contribution in [0.2, 0.25) is 0 Å². The van der Waals surface area contributed by atoms with Gasteiger partial charge >= 0.3 is 5.97 Å². The molecule has 0 aliphatic carbocycles.